The maximum absolute atomic E-state index is 14.2. The number of ether oxygens (including phenoxy) is 1. The number of aryl methyl sites for hydroxylation is 3. The first kappa shape index (κ1) is 18.7. The number of hydrogen-bond acceptors (Lipinski definition) is 4. The van der Waals surface area contributed by atoms with Crippen molar-refractivity contribution in [3.8, 4) is 11.5 Å². The summed E-state index contributed by atoms with van der Waals surface area (Å²) in [5.74, 6) is -1.69. The molecule has 7 heteroatoms. The van der Waals surface area contributed by atoms with Crippen LogP contribution in [0.4, 0.5) is 8.78 Å². The molecule has 0 amide bonds. The fraction of sp³-hybridized carbons (Fsp3) is 0.294. The molecule has 0 aliphatic carbocycles. The Labute approximate surface area is 140 Å². The minimum atomic E-state index is -1.88. The molecule has 0 heterocycles. The van der Waals surface area contributed by atoms with E-state index in [9.17, 15) is 13.7 Å². The van der Waals surface area contributed by atoms with Gasteiger partial charge in [0.1, 0.15) is 5.75 Å². The van der Waals surface area contributed by atoms with E-state index in [2.05, 4.69) is 0 Å². The van der Waals surface area contributed by atoms with Gasteiger partial charge in [0, 0.05) is 5.30 Å². The second kappa shape index (κ2) is 7.99. The van der Waals surface area contributed by atoms with Gasteiger partial charge in [-0.15, -0.1) is 0 Å². The summed E-state index contributed by atoms with van der Waals surface area (Å²) in [6, 6.07) is 6.19. The third kappa shape index (κ3) is 3.90. The molecule has 2 aromatic rings. The molecule has 0 saturated carbocycles. The first-order valence-electron chi connectivity index (χ1n) is 7.53. The molecule has 0 bridgehead atoms. The summed E-state index contributed by atoms with van der Waals surface area (Å²) < 4.78 is 33.8. The number of rotatable bonds is 6. The SMILES string of the molecule is CCCc1ccc(Oc2c(C)cc(P(O)NO)cc2C)c(F)c1F. The van der Waals surface area contributed by atoms with Crippen LogP contribution in [0.3, 0.4) is 0 Å². The largest absolute Gasteiger partial charge is 0.454 e. The summed E-state index contributed by atoms with van der Waals surface area (Å²) in [5.41, 5.74) is 1.60. The van der Waals surface area contributed by atoms with Crippen LogP contribution < -0.4 is 15.3 Å². The molecule has 3 N–H and O–H groups in total. The van der Waals surface area contributed by atoms with E-state index < -0.39 is 19.9 Å². The fourth-order valence-electron chi connectivity index (χ4n) is 2.49. The van der Waals surface area contributed by atoms with Crippen LogP contribution in [-0.4, -0.2) is 10.1 Å². The monoisotopic (exact) mass is 355 g/mol. The molecule has 1 unspecified atom stereocenters. The van der Waals surface area contributed by atoms with Crippen molar-refractivity contribution in [2.24, 2.45) is 0 Å². The summed E-state index contributed by atoms with van der Waals surface area (Å²) in [6.45, 7) is 5.35. The fourth-order valence-corrected chi connectivity index (χ4v) is 3.24. The quantitative estimate of drug-likeness (QED) is 0.536. The molecule has 0 aromatic heterocycles. The average Bonchev–Trinajstić information content (AvgIpc) is 2.56. The van der Waals surface area contributed by atoms with E-state index in [4.69, 9.17) is 9.94 Å². The smallest absolute Gasteiger partial charge is 0.201 e. The Hall–Kier alpha value is -1.59. The van der Waals surface area contributed by atoms with Crippen LogP contribution in [0.15, 0.2) is 24.3 Å². The standard InChI is InChI=1S/C17H20F2NO3P/c1-4-5-12-6-7-14(16(19)15(12)18)23-17-10(2)8-13(9-11(17)3)24(22)20-21/h6-9,20-22H,4-5H2,1-3H3. The van der Waals surface area contributed by atoms with Crippen LogP contribution in [0.1, 0.15) is 30.0 Å². The second-order valence-corrected chi connectivity index (χ2v) is 6.86. The summed E-state index contributed by atoms with van der Waals surface area (Å²) >= 11 is 0. The Morgan fingerprint density at radius 2 is 1.75 bits per heavy atom. The highest BCUT2D eigenvalue weighted by Gasteiger charge is 2.18. The van der Waals surface area contributed by atoms with E-state index in [1.165, 1.54) is 12.1 Å². The van der Waals surface area contributed by atoms with Crippen LogP contribution in [-0.2, 0) is 6.42 Å². The van der Waals surface area contributed by atoms with Crippen LogP contribution >= 0.6 is 8.30 Å². The maximum Gasteiger partial charge on any atom is 0.201 e. The lowest BCUT2D eigenvalue weighted by molar-refractivity contribution is 0.241. The molecule has 130 valence electrons. The first-order chi connectivity index (χ1) is 11.4. The molecule has 0 aliphatic heterocycles. The van der Waals surface area contributed by atoms with Gasteiger partial charge >= 0.3 is 0 Å². The number of halogens is 2. The molecule has 4 nitrogen and oxygen atoms in total. The van der Waals surface area contributed by atoms with Gasteiger partial charge in [-0.25, -0.2) is 4.39 Å². The van der Waals surface area contributed by atoms with Crippen molar-refractivity contribution in [2.75, 3.05) is 0 Å². The summed E-state index contributed by atoms with van der Waals surface area (Å²) in [7, 11) is -1.88. The van der Waals surface area contributed by atoms with Crippen molar-refractivity contribution >= 4 is 13.6 Å². The highest BCUT2D eigenvalue weighted by Crippen LogP contribution is 2.34. The van der Waals surface area contributed by atoms with Gasteiger partial charge < -0.3 is 14.8 Å². The maximum atomic E-state index is 14.2. The van der Waals surface area contributed by atoms with E-state index in [1.807, 2.05) is 12.2 Å². The zero-order chi connectivity index (χ0) is 17.9. The Balaban J connectivity index is 2.37. The van der Waals surface area contributed by atoms with Crippen LogP contribution in [0.5, 0.6) is 11.5 Å². The number of benzene rings is 2. The van der Waals surface area contributed by atoms with Gasteiger partial charge in [0.05, 0.1) is 0 Å². The van der Waals surface area contributed by atoms with Crippen molar-refractivity contribution < 1.29 is 23.6 Å². The summed E-state index contributed by atoms with van der Waals surface area (Å²) in [4.78, 5) is 9.67. The van der Waals surface area contributed by atoms with Gasteiger partial charge in [-0.1, -0.05) is 19.4 Å². The minimum absolute atomic E-state index is 0.183. The Morgan fingerprint density at radius 1 is 1.12 bits per heavy atom. The minimum Gasteiger partial charge on any atom is -0.454 e. The van der Waals surface area contributed by atoms with E-state index in [0.29, 0.717) is 34.2 Å². The molecule has 0 aliphatic rings. The predicted molar refractivity (Wildman–Crippen MR) is 90.0 cm³/mol. The van der Waals surface area contributed by atoms with Crippen LogP contribution in [0.2, 0.25) is 0 Å². The topological polar surface area (TPSA) is 61.7 Å². The van der Waals surface area contributed by atoms with E-state index in [-0.39, 0.29) is 5.75 Å². The third-order valence-electron chi connectivity index (χ3n) is 3.64. The van der Waals surface area contributed by atoms with Crippen molar-refractivity contribution in [3.05, 3.63) is 52.6 Å². The van der Waals surface area contributed by atoms with E-state index >= 15 is 0 Å². The van der Waals surface area contributed by atoms with Gasteiger partial charge in [-0.05, 0) is 55.2 Å². The molecular formula is C17H20F2NO3P. The number of nitrogens with one attached hydrogen (secondary N) is 1. The lowest BCUT2D eigenvalue weighted by Gasteiger charge is -2.16. The molecule has 2 rings (SSSR count). The van der Waals surface area contributed by atoms with Crippen molar-refractivity contribution in [3.63, 3.8) is 0 Å². The zero-order valence-corrected chi connectivity index (χ0v) is 14.6. The summed E-state index contributed by atoms with van der Waals surface area (Å²) in [5, 5.41) is 11.1. The van der Waals surface area contributed by atoms with Gasteiger partial charge in [0.25, 0.3) is 0 Å². The highest BCUT2D eigenvalue weighted by molar-refractivity contribution is 7.57. The second-order valence-electron chi connectivity index (χ2n) is 5.52. The lowest BCUT2D eigenvalue weighted by Crippen LogP contribution is -2.12. The third-order valence-corrected chi connectivity index (χ3v) is 4.58. The first-order valence-corrected chi connectivity index (χ1v) is 8.83. The Bertz CT molecular complexity index is 717. The van der Waals surface area contributed by atoms with Crippen molar-refractivity contribution in [1.29, 1.82) is 0 Å². The molecule has 2 aromatic carbocycles. The lowest BCUT2D eigenvalue weighted by atomic mass is 10.1. The zero-order valence-electron chi connectivity index (χ0n) is 13.7. The summed E-state index contributed by atoms with van der Waals surface area (Å²) in [6.07, 6.45) is 1.18. The van der Waals surface area contributed by atoms with Gasteiger partial charge in [0.2, 0.25) is 5.82 Å². The molecule has 0 saturated heterocycles. The Morgan fingerprint density at radius 3 is 2.29 bits per heavy atom. The van der Waals surface area contributed by atoms with Crippen LogP contribution in [0.25, 0.3) is 0 Å². The molecular weight excluding hydrogens is 335 g/mol. The van der Waals surface area contributed by atoms with E-state index in [0.717, 1.165) is 6.42 Å². The van der Waals surface area contributed by atoms with Crippen molar-refractivity contribution in [2.45, 2.75) is 33.6 Å². The number of hydrogen-bond donors (Lipinski definition) is 3. The Kier molecular flexibility index (Phi) is 6.24. The normalized spacial score (nSPS) is 12.3. The van der Waals surface area contributed by atoms with E-state index in [1.54, 1.807) is 26.0 Å². The van der Waals surface area contributed by atoms with Crippen LogP contribution in [0, 0.1) is 25.5 Å². The molecule has 0 fully saturated rings. The van der Waals surface area contributed by atoms with Crippen molar-refractivity contribution in [1.82, 2.24) is 5.25 Å². The molecule has 0 spiro atoms. The molecule has 0 radical (unpaired) electrons. The average molecular weight is 355 g/mol. The highest BCUT2D eigenvalue weighted by atomic mass is 31.2. The molecule has 24 heavy (non-hydrogen) atoms. The molecule has 1 atom stereocenters. The van der Waals surface area contributed by atoms with Gasteiger partial charge in [-0.3, -0.25) is 0 Å². The van der Waals surface area contributed by atoms with Gasteiger partial charge in [-0.2, -0.15) is 9.64 Å². The predicted octanol–water partition coefficient (Wildman–Crippen LogP) is 4.23. The van der Waals surface area contributed by atoms with Gasteiger partial charge in [0.15, 0.2) is 19.9 Å².